The molecule has 1 N–H and O–H groups in total. The highest BCUT2D eigenvalue weighted by Crippen LogP contribution is 2.45. The zero-order chi connectivity index (χ0) is 16.2. The lowest BCUT2D eigenvalue weighted by Gasteiger charge is -2.42. The minimum Gasteiger partial charge on any atom is -0.465 e. The van der Waals surface area contributed by atoms with E-state index in [4.69, 9.17) is 0 Å². The van der Waals surface area contributed by atoms with E-state index >= 15 is 0 Å². The van der Waals surface area contributed by atoms with Gasteiger partial charge in [0.1, 0.15) is 0 Å². The Balaban J connectivity index is 2.31. The summed E-state index contributed by atoms with van der Waals surface area (Å²) in [6, 6.07) is 6.15. The Morgan fingerprint density at radius 2 is 2.05 bits per heavy atom. The quantitative estimate of drug-likeness (QED) is 0.744. The average molecular weight is 365 g/mol. The fraction of sp³-hybridized carbons (Fsp3) is 0.471. The van der Waals surface area contributed by atoms with Crippen LogP contribution in [0.1, 0.15) is 38.1 Å². The summed E-state index contributed by atoms with van der Waals surface area (Å²) >= 11 is 3.55. The minimum atomic E-state index is -0.836. The van der Waals surface area contributed by atoms with Crippen molar-refractivity contribution in [2.24, 2.45) is 12.5 Å². The third kappa shape index (κ3) is 2.22. The molecule has 0 radical (unpaired) electrons. The predicted octanol–water partition coefficient (Wildman–Crippen LogP) is 4.56. The van der Waals surface area contributed by atoms with Gasteiger partial charge in [0.2, 0.25) is 0 Å². The van der Waals surface area contributed by atoms with Crippen molar-refractivity contribution in [2.45, 2.75) is 33.2 Å². The van der Waals surface area contributed by atoms with Gasteiger partial charge in [-0.3, -0.25) is 4.90 Å². The van der Waals surface area contributed by atoms with Crippen molar-refractivity contribution in [2.75, 3.05) is 6.54 Å². The Kier molecular flexibility index (Phi) is 3.51. The van der Waals surface area contributed by atoms with Crippen LogP contribution >= 0.6 is 15.9 Å². The molecule has 1 aliphatic heterocycles. The van der Waals surface area contributed by atoms with E-state index in [9.17, 15) is 9.90 Å². The molecule has 2 heterocycles. The van der Waals surface area contributed by atoms with E-state index in [1.54, 1.807) is 4.90 Å². The normalized spacial score (nSPS) is 18.6. The maximum Gasteiger partial charge on any atom is 0.407 e. The van der Waals surface area contributed by atoms with Crippen LogP contribution in [0, 0.1) is 5.41 Å². The first-order valence-corrected chi connectivity index (χ1v) is 8.27. The summed E-state index contributed by atoms with van der Waals surface area (Å²) < 4.78 is 3.23. The van der Waals surface area contributed by atoms with Gasteiger partial charge in [-0.1, -0.05) is 36.7 Å². The molecule has 0 saturated heterocycles. The smallest absolute Gasteiger partial charge is 0.407 e. The van der Waals surface area contributed by atoms with Crippen molar-refractivity contribution < 1.29 is 9.90 Å². The van der Waals surface area contributed by atoms with Gasteiger partial charge >= 0.3 is 6.09 Å². The molecule has 0 fully saturated rings. The van der Waals surface area contributed by atoms with Crippen LogP contribution in [0.2, 0.25) is 0 Å². The molecule has 1 unspecified atom stereocenters. The number of aryl methyl sites for hydroxylation is 1. The Morgan fingerprint density at radius 1 is 1.36 bits per heavy atom. The van der Waals surface area contributed by atoms with Gasteiger partial charge in [-0.15, -0.1) is 0 Å². The molecular formula is C17H21BrN2O2. The lowest BCUT2D eigenvalue weighted by Crippen LogP contribution is -2.45. The Morgan fingerprint density at radius 3 is 2.64 bits per heavy atom. The van der Waals surface area contributed by atoms with E-state index in [0.717, 1.165) is 22.1 Å². The second kappa shape index (κ2) is 5.01. The Bertz CT molecular complexity index is 758. The fourth-order valence-electron chi connectivity index (χ4n) is 3.72. The summed E-state index contributed by atoms with van der Waals surface area (Å²) in [5, 5.41) is 10.8. The van der Waals surface area contributed by atoms with Crippen LogP contribution in [-0.4, -0.2) is 27.2 Å². The van der Waals surface area contributed by atoms with E-state index < -0.39 is 6.09 Å². The maximum absolute atomic E-state index is 11.7. The second-order valence-corrected chi connectivity index (χ2v) is 7.99. The predicted molar refractivity (Wildman–Crippen MR) is 91.2 cm³/mol. The summed E-state index contributed by atoms with van der Waals surface area (Å²) in [4.78, 5) is 13.3. The molecule has 1 atom stereocenters. The Labute approximate surface area is 138 Å². The maximum atomic E-state index is 11.7. The topological polar surface area (TPSA) is 45.5 Å². The van der Waals surface area contributed by atoms with Crippen molar-refractivity contribution in [3.63, 3.8) is 0 Å². The summed E-state index contributed by atoms with van der Waals surface area (Å²) in [7, 11) is 2.04. The Hall–Kier alpha value is -1.49. The molecule has 1 aromatic carbocycles. The second-order valence-electron chi connectivity index (χ2n) is 7.08. The third-order valence-electron chi connectivity index (χ3n) is 4.56. The van der Waals surface area contributed by atoms with Gasteiger partial charge in [0.15, 0.2) is 0 Å². The lowest BCUT2D eigenvalue weighted by molar-refractivity contribution is 0.0725. The van der Waals surface area contributed by atoms with E-state index in [1.165, 1.54) is 10.9 Å². The van der Waals surface area contributed by atoms with E-state index in [0.29, 0.717) is 6.54 Å². The van der Waals surface area contributed by atoms with Gasteiger partial charge < -0.3 is 9.67 Å². The van der Waals surface area contributed by atoms with Gasteiger partial charge in [-0.25, -0.2) is 4.79 Å². The molecule has 4 nitrogen and oxygen atoms in total. The average Bonchev–Trinajstić information content (AvgIpc) is 2.70. The zero-order valence-electron chi connectivity index (χ0n) is 13.4. The van der Waals surface area contributed by atoms with Crippen molar-refractivity contribution in [3.05, 3.63) is 33.9 Å². The fourth-order valence-corrected chi connectivity index (χ4v) is 4.08. The first-order chi connectivity index (χ1) is 10.2. The highest BCUT2D eigenvalue weighted by Gasteiger charge is 2.41. The van der Waals surface area contributed by atoms with Crippen LogP contribution in [0.4, 0.5) is 4.79 Å². The van der Waals surface area contributed by atoms with Crippen molar-refractivity contribution in [3.8, 4) is 0 Å². The van der Waals surface area contributed by atoms with Gasteiger partial charge in [0, 0.05) is 34.7 Å². The van der Waals surface area contributed by atoms with Crippen molar-refractivity contribution in [1.29, 1.82) is 0 Å². The minimum absolute atomic E-state index is 0.134. The standard InChI is InChI=1S/C17H21BrN2O2/c1-17(2,3)15-14-11(7-8-20(15)16(21)22)12-9-10(18)5-6-13(12)19(14)4/h5-6,9,15H,7-8H2,1-4H3,(H,21,22). The first kappa shape index (κ1) is 15.4. The molecule has 0 saturated carbocycles. The van der Waals surface area contributed by atoms with Gasteiger partial charge in [-0.05, 0) is 35.6 Å². The number of carbonyl (C=O) groups is 1. The largest absolute Gasteiger partial charge is 0.465 e. The third-order valence-corrected chi connectivity index (χ3v) is 5.05. The summed E-state index contributed by atoms with van der Waals surface area (Å²) in [6.45, 7) is 6.87. The molecule has 22 heavy (non-hydrogen) atoms. The number of amides is 1. The van der Waals surface area contributed by atoms with Crippen LogP contribution in [0.3, 0.4) is 0 Å². The van der Waals surface area contributed by atoms with Crippen LogP contribution in [0.25, 0.3) is 10.9 Å². The number of rotatable bonds is 0. The van der Waals surface area contributed by atoms with Gasteiger partial charge in [-0.2, -0.15) is 0 Å². The molecule has 0 aliphatic carbocycles. The lowest BCUT2D eigenvalue weighted by atomic mass is 9.80. The molecule has 118 valence electrons. The highest BCUT2D eigenvalue weighted by molar-refractivity contribution is 9.10. The van der Waals surface area contributed by atoms with Crippen LogP contribution in [0.5, 0.6) is 0 Å². The molecule has 1 amide bonds. The number of hydrogen-bond acceptors (Lipinski definition) is 1. The molecule has 0 spiro atoms. The number of benzene rings is 1. The van der Waals surface area contributed by atoms with Crippen LogP contribution in [0.15, 0.2) is 22.7 Å². The van der Waals surface area contributed by atoms with Gasteiger partial charge in [0.25, 0.3) is 0 Å². The van der Waals surface area contributed by atoms with Crippen molar-refractivity contribution in [1.82, 2.24) is 9.47 Å². The van der Waals surface area contributed by atoms with E-state index in [2.05, 4.69) is 53.4 Å². The SMILES string of the molecule is Cn1c2c(c3cc(Br)ccc31)CCN(C(=O)O)C2C(C)(C)C. The van der Waals surface area contributed by atoms with Gasteiger partial charge in [0.05, 0.1) is 6.04 Å². The van der Waals surface area contributed by atoms with Crippen LogP contribution < -0.4 is 0 Å². The molecule has 3 rings (SSSR count). The molecule has 2 aromatic rings. The number of carboxylic acid groups (broad SMARTS) is 1. The molecule has 0 bridgehead atoms. The number of halogens is 1. The van der Waals surface area contributed by atoms with Crippen molar-refractivity contribution >= 4 is 32.9 Å². The first-order valence-electron chi connectivity index (χ1n) is 7.48. The molecular weight excluding hydrogens is 344 g/mol. The monoisotopic (exact) mass is 364 g/mol. The number of nitrogens with zero attached hydrogens (tertiary/aromatic N) is 2. The number of hydrogen-bond donors (Lipinski definition) is 1. The van der Waals surface area contributed by atoms with E-state index in [1.807, 2.05) is 13.1 Å². The number of aromatic nitrogens is 1. The molecule has 1 aromatic heterocycles. The summed E-state index contributed by atoms with van der Waals surface area (Å²) in [6.07, 6.45) is -0.0702. The highest BCUT2D eigenvalue weighted by atomic mass is 79.9. The van der Waals surface area contributed by atoms with E-state index in [-0.39, 0.29) is 11.5 Å². The molecule has 1 aliphatic rings. The summed E-state index contributed by atoms with van der Waals surface area (Å²) in [5.74, 6) is 0. The van der Waals surface area contributed by atoms with Crippen LogP contribution in [-0.2, 0) is 13.5 Å². The molecule has 5 heteroatoms. The summed E-state index contributed by atoms with van der Waals surface area (Å²) in [5.41, 5.74) is 3.42. The number of fused-ring (bicyclic) bond motifs is 3. The zero-order valence-corrected chi connectivity index (χ0v) is 14.9.